The number of carbonyl (C=O) groups excluding carboxylic acids is 1. The lowest BCUT2D eigenvalue weighted by molar-refractivity contribution is 0.0528. The van der Waals surface area contributed by atoms with E-state index in [4.69, 9.17) is 16.3 Å². The standard InChI is InChI=1S/C9H8ClN3O3/c1-2-16-9(15)5-4-11-13-7(14)3-6(10)12-8(5)13/h3-4,12H,2H2,1H3. The van der Waals surface area contributed by atoms with Crippen molar-refractivity contribution in [3.05, 3.63) is 33.3 Å². The topological polar surface area (TPSA) is 76.5 Å². The van der Waals surface area contributed by atoms with Crippen molar-refractivity contribution in [1.82, 2.24) is 14.6 Å². The molecule has 6 nitrogen and oxygen atoms in total. The van der Waals surface area contributed by atoms with Crippen LogP contribution in [0.1, 0.15) is 17.3 Å². The predicted molar refractivity (Wildman–Crippen MR) is 56.8 cm³/mol. The lowest BCUT2D eigenvalue weighted by Crippen LogP contribution is -2.14. The van der Waals surface area contributed by atoms with Crippen molar-refractivity contribution in [2.45, 2.75) is 6.92 Å². The lowest BCUT2D eigenvalue weighted by Gasteiger charge is -1.99. The summed E-state index contributed by atoms with van der Waals surface area (Å²) in [5, 5.41) is 3.92. The van der Waals surface area contributed by atoms with Crippen molar-refractivity contribution in [2.24, 2.45) is 0 Å². The summed E-state index contributed by atoms with van der Waals surface area (Å²) in [5.41, 5.74) is 0.00620. The molecule has 84 valence electrons. The molecular weight excluding hydrogens is 234 g/mol. The molecule has 0 unspecified atom stereocenters. The van der Waals surface area contributed by atoms with Gasteiger partial charge in [0.25, 0.3) is 5.56 Å². The lowest BCUT2D eigenvalue weighted by atomic mass is 10.3. The summed E-state index contributed by atoms with van der Waals surface area (Å²) in [7, 11) is 0. The number of H-pyrrole nitrogens is 1. The zero-order chi connectivity index (χ0) is 11.7. The summed E-state index contributed by atoms with van der Waals surface area (Å²) in [6.07, 6.45) is 1.27. The van der Waals surface area contributed by atoms with Gasteiger partial charge in [-0.15, -0.1) is 0 Å². The van der Waals surface area contributed by atoms with E-state index in [-0.39, 0.29) is 23.0 Å². The smallest absolute Gasteiger partial charge is 0.343 e. The molecule has 2 heterocycles. The highest BCUT2D eigenvalue weighted by atomic mass is 35.5. The van der Waals surface area contributed by atoms with E-state index in [2.05, 4.69) is 10.1 Å². The Morgan fingerprint density at radius 2 is 2.44 bits per heavy atom. The van der Waals surface area contributed by atoms with Gasteiger partial charge in [-0.05, 0) is 6.92 Å². The minimum absolute atomic E-state index is 0.142. The van der Waals surface area contributed by atoms with Crippen molar-refractivity contribution in [3.8, 4) is 0 Å². The van der Waals surface area contributed by atoms with Gasteiger partial charge >= 0.3 is 5.97 Å². The Balaban J connectivity index is 2.64. The van der Waals surface area contributed by atoms with Crippen LogP contribution in [0.25, 0.3) is 5.65 Å². The van der Waals surface area contributed by atoms with Gasteiger partial charge in [-0.25, -0.2) is 4.79 Å². The van der Waals surface area contributed by atoms with E-state index in [0.29, 0.717) is 0 Å². The third-order valence-corrected chi connectivity index (χ3v) is 2.16. The largest absolute Gasteiger partial charge is 0.462 e. The summed E-state index contributed by atoms with van der Waals surface area (Å²) in [6.45, 7) is 1.94. The van der Waals surface area contributed by atoms with Gasteiger partial charge in [0.2, 0.25) is 0 Å². The average Bonchev–Trinajstić information content (AvgIpc) is 2.61. The molecule has 2 aromatic rings. The van der Waals surface area contributed by atoms with Crippen LogP contribution in [-0.2, 0) is 4.74 Å². The molecule has 0 bridgehead atoms. The number of hydrogen-bond donors (Lipinski definition) is 1. The number of ether oxygens (including phenoxy) is 1. The monoisotopic (exact) mass is 241 g/mol. The number of nitrogens with zero attached hydrogens (tertiary/aromatic N) is 2. The fourth-order valence-electron chi connectivity index (χ4n) is 1.31. The highest BCUT2D eigenvalue weighted by molar-refractivity contribution is 6.29. The highest BCUT2D eigenvalue weighted by Crippen LogP contribution is 2.10. The third-order valence-electron chi connectivity index (χ3n) is 1.96. The van der Waals surface area contributed by atoms with E-state index in [1.807, 2.05) is 0 Å². The van der Waals surface area contributed by atoms with Gasteiger partial charge in [0.05, 0.1) is 12.8 Å². The van der Waals surface area contributed by atoms with Crippen LogP contribution >= 0.6 is 11.6 Å². The van der Waals surface area contributed by atoms with Crippen LogP contribution in [0.4, 0.5) is 0 Å². The van der Waals surface area contributed by atoms with Crippen LogP contribution in [0.5, 0.6) is 0 Å². The molecule has 16 heavy (non-hydrogen) atoms. The van der Waals surface area contributed by atoms with Gasteiger partial charge in [-0.1, -0.05) is 11.6 Å². The maximum absolute atomic E-state index is 11.5. The van der Waals surface area contributed by atoms with E-state index in [1.165, 1.54) is 12.3 Å². The first kappa shape index (κ1) is 10.7. The Kier molecular flexibility index (Phi) is 2.66. The Morgan fingerprint density at radius 3 is 3.12 bits per heavy atom. The summed E-state index contributed by atoms with van der Waals surface area (Å²) in [6, 6.07) is 1.18. The van der Waals surface area contributed by atoms with E-state index in [0.717, 1.165) is 4.52 Å². The number of esters is 1. The fraction of sp³-hybridized carbons (Fsp3) is 0.222. The van der Waals surface area contributed by atoms with Gasteiger partial charge < -0.3 is 9.72 Å². The zero-order valence-electron chi connectivity index (χ0n) is 8.36. The number of halogens is 1. The third kappa shape index (κ3) is 1.67. The minimum atomic E-state index is -0.546. The normalized spacial score (nSPS) is 10.6. The number of nitrogens with one attached hydrogen (secondary N) is 1. The van der Waals surface area contributed by atoms with Crippen LogP contribution in [0.3, 0.4) is 0 Å². The second-order valence-electron chi connectivity index (χ2n) is 2.99. The first-order chi connectivity index (χ1) is 7.63. The second-order valence-corrected chi connectivity index (χ2v) is 3.40. The zero-order valence-corrected chi connectivity index (χ0v) is 9.11. The summed E-state index contributed by atoms with van der Waals surface area (Å²) >= 11 is 5.69. The molecule has 0 aromatic carbocycles. The molecule has 2 rings (SSSR count). The van der Waals surface area contributed by atoms with Crippen LogP contribution in [0.2, 0.25) is 5.15 Å². The number of fused-ring (bicyclic) bond motifs is 1. The van der Waals surface area contributed by atoms with Gasteiger partial charge in [0.15, 0.2) is 5.65 Å². The number of rotatable bonds is 2. The molecule has 0 aliphatic carbocycles. The van der Waals surface area contributed by atoms with Gasteiger partial charge in [-0.2, -0.15) is 9.61 Å². The van der Waals surface area contributed by atoms with Gasteiger partial charge in [0.1, 0.15) is 10.7 Å². The van der Waals surface area contributed by atoms with Crippen LogP contribution in [0, 0.1) is 0 Å². The quantitative estimate of drug-likeness (QED) is 0.625. The Bertz CT molecular complexity index is 602. The van der Waals surface area contributed by atoms with Crippen LogP contribution in [0.15, 0.2) is 17.1 Å². The molecule has 0 saturated heterocycles. The van der Waals surface area contributed by atoms with Crippen molar-refractivity contribution in [2.75, 3.05) is 6.61 Å². The van der Waals surface area contributed by atoms with E-state index >= 15 is 0 Å². The number of aromatic nitrogens is 3. The van der Waals surface area contributed by atoms with Crippen molar-refractivity contribution in [1.29, 1.82) is 0 Å². The van der Waals surface area contributed by atoms with E-state index in [1.54, 1.807) is 6.92 Å². The molecule has 0 aliphatic heterocycles. The maximum atomic E-state index is 11.5. The predicted octanol–water partition coefficient (Wildman–Crippen LogP) is 0.853. The van der Waals surface area contributed by atoms with Gasteiger partial charge in [-0.3, -0.25) is 4.79 Å². The van der Waals surface area contributed by atoms with Crippen LogP contribution < -0.4 is 5.56 Å². The molecule has 0 amide bonds. The van der Waals surface area contributed by atoms with Crippen molar-refractivity contribution >= 4 is 23.2 Å². The number of carbonyl (C=O) groups is 1. The average molecular weight is 242 g/mol. The molecule has 7 heteroatoms. The molecule has 0 aliphatic rings. The minimum Gasteiger partial charge on any atom is -0.462 e. The molecule has 0 atom stereocenters. The van der Waals surface area contributed by atoms with Crippen molar-refractivity contribution in [3.63, 3.8) is 0 Å². The first-order valence-corrected chi connectivity index (χ1v) is 4.95. The maximum Gasteiger partial charge on any atom is 0.343 e. The first-order valence-electron chi connectivity index (χ1n) is 4.57. The van der Waals surface area contributed by atoms with Crippen molar-refractivity contribution < 1.29 is 9.53 Å². The van der Waals surface area contributed by atoms with E-state index < -0.39 is 11.5 Å². The molecular formula is C9H8ClN3O3. The second kappa shape index (κ2) is 3.97. The summed E-state index contributed by atoms with van der Waals surface area (Å²) in [5.74, 6) is -0.546. The van der Waals surface area contributed by atoms with Gasteiger partial charge in [0, 0.05) is 6.07 Å². The molecule has 0 radical (unpaired) electrons. The molecule has 0 spiro atoms. The molecule has 2 aromatic heterocycles. The fourth-order valence-corrected chi connectivity index (χ4v) is 1.50. The molecule has 0 fully saturated rings. The Morgan fingerprint density at radius 1 is 1.69 bits per heavy atom. The molecule has 1 N–H and O–H groups in total. The highest BCUT2D eigenvalue weighted by Gasteiger charge is 2.15. The summed E-state index contributed by atoms with van der Waals surface area (Å²) in [4.78, 5) is 25.6. The molecule has 0 saturated carbocycles. The van der Waals surface area contributed by atoms with E-state index in [9.17, 15) is 9.59 Å². The Labute approximate surface area is 94.8 Å². The SMILES string of the molecule is CCOC(=O)c1cnn2c(=O)cc(Cl)[nH]c12. The Hall–Kier alpha value is -1.82. The number of aromatic amines is 1. The summed E-state index contributed by atoms with van der Waals surface area (Å²) < 4.78 is 5.87. The number of hydrogen-bond acceptors (Lipinski definition) is 4. The van der Waals surface area contributed by atoms with Crippen LogP contribution in [-0.4, -0.2) is 27.2 Å².